The molecular weight excluding hydrogens is 226 g/mol. The first kappa shape index (κ1) is 11.2. The fourth-order valence-electron chi connectivity index (χ4n) is 2.85. The highest BCUT2D eigenvalue weighted by molar-refractivity contribution is 5.93. The van der Waals surface area contributed by atoms with E-state index in [2.05, 4.69) is 4.57 Å². The number of para-hydroxylation sites is 1. The quantitative estimate of drug-likeness (QED) is 0.809. The van der Waals surface area contributed by atoms with Crippen molar-refractivity contribution in [2.45, 2.75) is 32.7 Å². The second-order valence-electron chi connectivity index (χ2n) is 4.95. The predicted octanol–water partition coefficient (Wildman–Crippen LogP) is 2.29. The first-order valence-corrected chi connectivity index (χ1v) is 6.27. The highest BCUT2D eigenvalue weighted by Gasteiger charge is 2.23. The lowest BCUT2D eigenvalue weighted by molar-refractivity contribution is -0.120. The highest BCUT2D eigenvalue weighted by Crippen LogP contribution is 2.30. The minimum absolute atomic E-state index is 0.172. The summed E-state index contributed by atoms with van der Waals surface area (Å²) in [6, 6.07) is 8.04. The largest absolute Gasteiger partial charge is 0.337 e. The first-order chi connectivity index (χ1) is 8.66. The molecule has 0 fully saturated rings. The van der Waals surface area contributed by atoms with Gasteiger partial charge in [-0.05, 0) is 25.0 Å². The van der Waals surface area contributed by atoms with Crippen molar-refractivity contribution < 1.29 is 9.59 Å². The van der Waals surface area contributed by atoms with E-state index in [-0.39, 0.29) is 11.6 Å². The van der Waals surface area contributed by atoms with Crippen LogP contribution in [0.4, 0.5) is 0 Å². The van der Waals surface area contributed by atoms with Gasteiger partial charge in [0.15, 0.2) is 5.78 Å². The third kappa shape index (κ3) is 1.67. The second-order valence-corrected chi connectivity index (χ2v) is 4.95. The maximum absolute atomic E-state index is 11.6. The lowest BCUT2D eigenvalue weighted by Crippen LogP contribution is -2.20. The van der Waals surface area contributed by atoms with Crippen molar-refractivity contribution in [3.63, 3.8) is 0 Å². The van der Waals surface area contributed by atoms with Crippen molar-refractivity contribution in [1.82, 2.24) is 4.57 Å². The van der Waals surface area contributed by atoms with Gasteiger partial charge in [0.1, 0.15) is 5.78 Å². The smallest absolute Gasteiger partial charge is 0.152 e. The zero-order chi connectivity index (χ0) is 12.7. The molecule has 1 aromatic carbocycles. The summed E-state index contributed by atoms with van der Waals surface area (Å²) < 4.78 is 2.08. The number of aromatic nitrogens is 1. The molecule has 2 heterocycles. The van der Waals surface area contributed by atoms with Crippen LogP contribution in [-0.2, 0) is 29.0 Å². The monoisotopic (exact) mass is 241 g/mol. The number of hydrogen-bond acceptors (Lipinski definition) is 2. The van der Waals surface area contributed by atoms with Crippen LogP contribution < -0.4 is 0 Å². The molecule has 1 aliphatic rings. The van der Waals surface area contributed by atoms with Gasteiger partial charge in [0, 0.05) is 29.4 Å². The Labute approximate surface area is 105 Å². The van der Waals surface area contributed by atoms with Crippen molar-refractivity contribution in [2.24, 2.45) is 0 Å². The SMILES string of the molecule is CC(=O)Cc1c2n(c3ccccc13)CC(=O)CC2. The number of nitrogens with zero attached hydrogens (tertiary/aromatic N) is 1. The Morgan fingerprint density at radius 2 is 2.06 bits per heavy atom. The number of carbonyl (C=O) groups excluding carboxylic acids is 2. The average Bonchev–Trinajstić information content (AvgIpc) is 2.64. The number of rotatable bonds is 2. The Bertz CT molecular complexity index is 652. The Kier molecular flexibility index (Phi) is 2.54. The zero-order valence-corrected chi connectivity index (χ0v) is 10.4. The van der Waals surface area contributed by atoms with Crippen LogP contribution in [0.25, 0.3) is 10.9 Å². The van der Waals surface area contributed by atoms with E-state index in [1.807, 2.05) is 24.3 Å². The van der Waals surface area contributed by atoms with Gasteiger partial charge < -0.3 is 4.57 Å². The minimum atomic E-state index is 0.172. The van der Waals surface area contributed by atoms with Crippen LogP contribution in [0.2, 0.25) is 0 Å². The summed E-state index contributed by atoms with van der Waals surface area (Å²) in [6.45, 7) is 2.07. The molecule has 0 saturated heterocycles. The standard InChI is InChI=1S/C15H15NO2/c1-10(17)8-13-12-4-2-3-5-14(12)16-9-11(18)6-7-15(13)16/h2-5H,6-9H2,1H3. The van der Waals surface area contributed by atoms with E-state index in [1.54, 1.807) is 6.92 Å². The van der Waals surface area contributed by atoms with E-state index >= 15 is 0 Å². The lowest BCUT2D eigenvalue weighted by atomic mass is 10.0. The van der Waals surface area contributed by atoms with Gasteiger partial charge in [-0.2, -0.15) is 0 Å². The van der Waals surface area contributed by atoms with Gasteiger partial charge in [-0.15, -0.1) is 0 Å². The number of ketones is 2. The van der Waals surface area contributed by atoms with Crippen LogP contribution in [0.15, 0.2) is 24.3 Å². The molecule has 18 heavy (non-hydrogen) atoms. The summed E-state index contributed by atoms with van der Waals surface area (Å²) in [4.78, 5) is 23.0. The molecule has 0 radical (unpaired) electrons. The molecule has 2 aromatic rings. The van der Waals surface area contributed by atoms with Crippen LogP contribution in [0.3, 0.4) is 0 Å². The normalized spacial score (nSPS) is 14.8. The van der Waals surface area contributed by atoms with E-state index < -0.39 is 0 Å². The van der Waals surface area contributed by atoms with Gasteiger partial charge in [-0.3, -0.25) is 9.59 Å². The fraction of sp³-hybridized carbons (Fsp3) is 0.333. The number of benzene rings is 1. The maximum atomic E-state index is 11.6. The molecule has 92 valence electrons. The van der Waals surface area contributed by atoms with Crippen molar-refractivity contribution in [3.05, 3.63) is 35.5 Å². The molecule has 3 rings (SSSR count). The van der Waals surface area contributed by atoms with Crippen molar-refractivity contribution in [3.8, 4) is 0 Å². The van der Waals surface area contributed by atoms with Crippen LogP contribution in [0.1, 0.15) is 24.6 Å². The highest BCUT2D eigenvalue weighted by atomic mass is 16.1. The molecular formula is C15H15NO2. The molecule has 0 N–H and O–H groups in total. The van der Waals surface area contributed by atoms with Gasteiger partial charge in [0.05, 0.1) is 6.54 Å². The summed E-state index contributed by atoms with van der Waals surface area (Å²) >= 11 is 0. The summed E-state index contributed by atoms with van der Waals surface area (Å²) in [5.74, 6) is 0.448. The summed E-state index contributed by atoms with van der Waals surface area (Å²) in [5.41, 5.74) is 3.37. The topological polar surface area (TPSA) is 39.1 Å². The Morgan fingerprint density at radius 3 is 2.83 bits per heavy atom. The molecule has 0 spiro atoms. The summed E-state index contributed by atoms with van der Waals surface area (Å²) in [6.07, 6.45) is 1.83. The molecule has 0 saturated carbocycles. The fourth-order valence-corrected chi connectivity index (χ4v) is 2.85. The molecule has 0 amide bonds. The van der Waals surface area contributed by atoms with Crippen molar-refractivity contribution in [1.29, 1.82) is 0 Å². The van der Waals surface area contributed by atoms with Gasteiger partial charge in [-0.1, -0.05) is 18.2 Å². The van der Waals surface area contributed by atoms with E-state index in [1.165, 1.54) is 5.69 Å². The van der Waals surface area contributed by atoms with Crippen LogP contribution in [0, 0.1) is 0 Å². The third-order valence-electron chi connectivity index (χ3n) is 3.59. The molecule has 1 aliphatic heterocycles. The first-order valence-electron chi connectivity index (χ1n) is 6.27. The molecule has 3 nitrogen and oxygen atoms in total. The van der Waals surface area contributed by atoms with Crippen LogP contribution in [0.5, 0.6) is 0 Å². The lowest BCUT2D eigenvalue weighted by Gasteiger charge is -2.16. The third-order valence-corrected chi connectivity index (χ3v) is 3.59. The second kappa shape index (κ2) is 4.09. The molecule has 0 unspecified atom stereocenters. The molecule has 0 atom stereocenters. The number of hydrogen-bond donors (Lipinski definition) is 0. The number of Topliss-reactive ketones (excluding diaryl/α,β-unsaturated/α-hetero) is 2. The van der Waals surface area contributed by atoms with E-state index in [9.17, 15) is 9.59 Å². The van der Waals surface area contributed by atoms with Gasteiger partial charge in [-0.25, -0.2) is 0 Å². The summed E-state index contributed by atoms with van der Waals surface area (Å²) in [7, 11) is 0. The van der Waals surface area contributed by atoms with Gasteiger partial charge in [0.25, 0.3) is 0 Å². The van der Waals surface area contributed by atoms with E-state index in [4.69, 9.17) is 0 Å². The molecule has 0 bridgehead atoms. The molecule has 0 aliphatic carbocycles. The summed E-state index contributed by atoms with van der Waals surface area (Å²) in [5, 5.41) is 1.12. The zero-order valence-electron chi connectivity index (χ0n) is 10.4. The number of fused-ring (bicyclic) bond motifs is 3. The van der Waals surface area contributed by atoms with E-state index in [0.717, 1.165) is 22.9 Å². The Hall–Kier alpha value is -1.90. The van der Waals surface area contributed by atoms with Crippen LogP contribution in [-0.4, -0.2) is 16.1 Å². The molecule has 1 aromatic heterocycles. The predicted molar refractivity (Wildman–Crippen MR) is 69.7 cm³/mol. The average molecular weight is 241 g/mol. The van der Waals surface area contributed by atoms with E-state index in [0.29, 0.717) is 19.4 Å². The molecule has 3 heteroatoms. The Morgan fingerprint density at radius 1 is 1.28 bits per heavy atom. The van der Waals surface area contributed by atoms with Gasteiger partial charge >= 0.3 is 0 Å². The van der Waals surface area contributed by atoms with Crippen LogP contribution >= 0.6 is 0 Å². The van der Waals surface area contributed by atoms with Crippen molar-refractivity contribution in [2.75, 3.05) is 0 Å². The Balaban J connectivity index is 2.27. The van der Waals surface area contributed by atoms with Crippen molar-refractivity contribution >= 4 is 22.5 Å². The maximum Gasteiger partial charge on any atom is 0.152 e. The number of carbonyl (C=O) groups is 2. The minimum Gasteiger partial charge on any atom is -0.337 e. The van der Waals surface area contributed by atoms with Gasteiger partial charge in [0.2, 0.25) is 0 Å².